The van der Waals surface area contributed by atoms with Crippen molar-refractivity contribution in [3.05, 3.63) is 29.7 Å². The minimum atomic E-state index is -2.69. The SMILES string of the molecule is NC(=O)OC(c1cn2ncc(C=O)cc2n1)C1CCC(F)(F)CC1. The fourth-order valence-corrected chi connectivity index (χ4v) is 3.00. The van der Waals surface area contributed by atoms with Crippen LogP contribution < -0.4 is 5.73 Å². The molecule has 9 heteroatoms. The maximum absolute atomic E-state index is 13.4. The summed E-state index contributed by atoms with van der Waals surface area (Å²) in [6, 6.07) is 1.53. The van der Waals surface area contributed by atoms with Crippen molar-refractivity contribution in [1.82, 2.24) is 14.6 Å². The molecule has 1 saturated carbocycles. The van der Waals surface area contributed by atoms with E-state index in [1.165, 1.54) is 16.8 Å². The molecule has 1 fully saturated rings. The summed E-state index contributed by atoms with van der Waals surface area (Å²) in [4.78, 5) is 26.3. The van der Waals surface area contributed by atoms with E-state index in [1.54, 1.807) is 6.20 Å². The van der Waals surface area contributed by atoms with Crippen LogP contribution in [0.4, 0.5) is 13.6 Å². The number of aromatic nitrogens is 3. The molecule has 1 aliphatic rings. The number of alkyl halides is 2. The van der Waals surface area contributed by atoms with Crippen LogP contribution in [0.3, 0.4) is 0 Å². The predicted molar refractivity (Wildman–Crippen MR) is 78.7 cm³/mol. The Hall–Kier alpha value is -2.58. The summed E-state index contributed by atoms with van der Waals surface area (Å²) in [5.74, 6) is -2.99. The van der Waals surface area contributed by atoms with E-state index in [-0.39, 0.29) is 31.6 Å². The van der Waals surface area contributed by atoms with Crippen molar-refractivity contribution >= 4 is 18.0 Å². The van der Waals surface area contributed by atoms with E-state index < -0.39 is 18.1 Å². The molecule has 3 rings (SSSR count). The van der Waals surface area contributed by atoms with Crippen LogP contribution in [0.25, 0.3) is 5.65 Å². The quantitative estimate of drug-likeness (QED) is 0.864. The van der Waals surface area contributed by atoms with Gasteiger partial charge in [0.15, 0.2) is 11.9 Å². The van der Waals surface area contributed by atoms with Gasteiger partial charge in [-0.15, -0.1) is 0 Å². The number of halogens is 2. The minimum absolute atomic E-state index is 0.200. The second-order valence-electron chi connectivity index (χ2n) is 5.93. The first-order chi connectivity index (χ1) is 11.4. The number of carbonyl (C=O) groups is 2. The van der Waals surface area contributed by atoms with E-state index in [4.69, 9.17) is 10.5 Å². The molecule has 2 aromatic heterocycles. The Kier molecular flexibility index (Phi) is 4.16. The Morgan fingerprint density at radius 1 is 1.46 bits per heavy atom. The van der Waals surface area contributed by atoms with E-state index in [0.717, 1.165) is 0 Å². The molecule has 1 amide bonds. The van der Waals surface area contributed by atoms with Crippen molar-refractivity contribution < 1.29 is 23.1 Å². The number of aldehydes is 1. The molecule has 2 N–H and O–H groups in total. The van der Waals surface area contributed by atoms with Gasteiger partial charge in [0.25, 0.3) is 0 Å². The van der Waals surface area contributed by atoms with E-state index in [1.807, 2.05) is 0 Å². The van der Waals surface area contributed by atoms with Crippen molar-refractivity contribution in [2.45, 2.75) is 37.7 Å². The zero-order valence-electron chi connectivity index (χ0n) is 12.7. The number of rotatable bonds is 4. The Labute approximate surface area is 135 Å². The number of fused-ring (bicyclic) bond motifs is 1. The molecule has 2 aromatic rings. The number of hydrogen-bond donors (Lipinski definition) is 1. The number of nitrogens with two attached hydrogens (primary N) is 1. The molecule has 1 unspecified atom stereocenters. The molecule has 0 bridgehead atoms. The van der Waals surface area contributed by atoms with Gasteiger partial charge in [-0.3, -0.25) is 4.79 Å². The number of carbonyl (C=O) groups excluding carboxylic acids is 2. The van der Waals surface area contributed by atoms with Crippen LogP contribution in [0.1, 0.15) is 47.8 Å². The molecule has 0 aromatic carbocycles. The highest BCUT2D eigenvalue weighted by molar-refractivity contribution is 5.75. The van der Waals surface area contributed by atoms with Crippen LogP contribution in [-0.4, -0.2) is 32.9 Å². The third-order valence-corrected chi connectivity index (χ3v) is 4.22. The van der Waals surface area contributed by atoms with Gasteiger partial charge >= 0.3 is 6.09 Å². The maximum atomic E-state index is 13.4. The van der Waals surface area contributed by atoms with Crippen LogP contribution in [0, 0.1) is 5.92 Å². The summed E-state index contributed by atoms with van der Waals surface area (Å²) >= 11 is 0. The Morgan fingerprint density at radius 3 is 2.79 bits per heavy atom. The van der Waals surface area contributed by atoms with Gasteiger partial charge in [0.05, 0.1) is 12.4 Å². The van der Waals surface area contributed by atoms with Crippen molar-refractivity contribution in [2.24, 2.45) is 11.7 Å². The molecule has 1 aliphatic carbocycles. The van der Waals surface area contributed by atoms with Gasteiger partial charge in [-0.05, 0) is 18.9 Å². The van der Waals surface area contributed by atoms with Crippen LogP contribution in [0.2, 0.25) is 0 Å². The fraction of sp³-hybridized carbons (Fsp3) is 0.467. The van der Waals surface area contributed by atoms with E-state index >= 15 is 0 Å². The lowest BCUT2D eigenvalue weighted by molar-refractivity contribution is -0.0642. The van der Waals surface area contributed by atoms with Crippen LogP contribution >= 0.6 is 0 Å². The van der Waals surface area contributed by atoms with Crippen molar-refractivity contribution in [1.29, 1.82) is 0 Å². The average Bonchev–Trinajstić information content (AvgIpc) is 2.95. The summed E-state index contributed by atoms with van der Waals surface area (Å²) in [6.45, 7) is 0. The first kappa shape index (κ1) is 16.3. The zero-order valence-corrected chi connectivity index (χ0v) is 12.7. The van der Waals surface area contributed by atoms with Gasteiger partial charge in [-0.2, -0.15) is 5.10 Å². The Balaban J connectivity index is 1.91. The molecular formula is C15H16F2N4O3. The summed E-state index contributed by atoms with van der Waals surface area (Å²) in [6.07, 6.45) is 1.62. The summed E-state index contributed by atoms with van der Waals surface area (Å²) in [5, 5.41) is 4.03. The highest BCUT2D eigenvalue weighted by Crippen LogP contribution is 2.42. The first-order valence-corrected chi connectivity index (χ1v) is 7.52. The number of amides is 1. The molecule has 2 heterocycles. The van der Waals surface area contributed by atoms with E-state index in [0.29, 0.717) is 23.2 Å². The lowest BCUT2D eigenvalue weighted by Gasteiger charge is -2.32. The van der Waals surface area contributed by atoms with Gasteiger partial charge in [-0.1, -0.05) is 0 Å². The number of hydrogen-bond acceptors (Lipinski definition) is 5. The number of primary amides is 1. The van der Waals surface area contributed by atoms with E-state index in [2.05, 4.69) is 10.1 Å². The Morgan fingerprint density at radius 2 is 2.17 bits per heavy atom. The summed E-state index contributed by atoms with van der Waals surface area (Å²) < 4.78 is 33.3. The summed E-state index contributed by atoms with van der Waals surface area (Å²) in [5.41, 5.74) is 6.25. The van der Waals surface area contributed by atoms with Crippen LogP contribution in [0.5, 0.6) is 0 Å². The van der Waals surface area contributed by atoms with Crippen molar-refractivity contribution in [3.8, 4) is 0 Å². The lowest BCUT2D eigenvalue weighted by Crippen LogP contribution is -2.30. The Bertz CT molecular complexity index is 767. The standard InChI is InChI=1S/C15H16F2N4O3/c16-15(17)3-1-10(2-4-15)13(24-14(18)23)11-7-21-12(20-11)5-9(8-22)6-19-21/h5-8,10,13H,1-4H2,(H2,18,23). The smallest absolute Gasteiger partial charge is 0.405 e. The second-order valence-corrected chi connectivity index (χ2v) is 5.93. The number of ether oxygens (including phenoxy) is 1. The number of nitrogens with zero attached hydrogens (tertiary/aromatic N) is 3. The molecule has 128 valence electrons. The van der Waals surface area contributed by atoms with Gasteiger partial charge < -0.3 is 10.5 Å². The molecular weight excluding hydrogens is 322 g/mol. The molecule has 1 atom stereocenters. The van der Waals surface area contributed by atoms with Gasteiger partial charge in [0.1, 0.15) is 11.8 Å². The fourth-order valence-electron chi connectivity index (χ4n) is 3.00. The zero-order chi connectivity index (χ0) is 17.3. The predicted octanol–water partition coefficient (Wildman–Crippen LogP) is 2.50. The van der Waals surface area contributed by atoms with Gasteiger partial charge in [0.2, 0.25) is 5.92 Å². The average molecular weight is 338 g/mol. The van der Waals surface area contributed by atoms with Gasteiger partial charge in [-0.25, -0.2) is 23.1 Å². The topological polar surface area (TPSA) is 99.6 Å². The minimum Gasteiger partial charge on any atom is -0.440 e. The molecule has 0 aliphatic heterocycles. The second kappa shape index (κ2) is 6.14. The maximum Gasteiger partial charge on any atom is 0.405 e. The largest absolute Gasteiger partial charge is 0.440 e. The monoisotopic (exact) mass is 338 g/mol. The van der Waals surface area contributed by atoms with Crippen LogP contribution in [0.15, 0.2) is 18.5 Å². The van der Waals surface area contributed by atoms with Crippen molar-refractivity contribution in [2.75, 3.05) is 0 Å². The lowest BCUT2D eigenvalue weighted by atomic mass is 9.82. The van der Waals surface area contributed by atoms with Gasteiger partial charge in [0, 0.05) is 24.3 Å². The molecule has 0 radical (unpaired) electrons. The normalized spacial score (nSPS) is 19.1. The molecule has 7 nitrogen and oxygen atoms in total. The van der Waals surface area contributed by atoms with Crippen LogP contribution in [-0.2, 0) is 4.74 Å². The molecule has 24 heavy (non-hydrogen) atoms. The molecule has 0 saturated heterocycles. The third-order valence-electron chi connectivity index (χ3n) is 4.22. The summed E-state index contributed by atoms with van der Waals surface area (Å²) in [7, 11) is 0. The van der Waals surface area contributed by atoms with Crippen molar-refractivity contribution in [3.63, 3.8) is 0 Å². The molecule has 0 spiro atoms. The highest BCUT2D eigenvalue weighted by atomic mass is 19.3. The third kappa shape index (κ3) is 3.34. The number of imidazole rings is 1. The highest BCUT2D eigenvalue weighted by Gasteiger charge is 2.40. The first-order valence-electron chi connectivity index (χ1n) is 7.52. The van der Waals surface area contributed by atoms with E-state index in [9.17, 15) is 18.4 Å².